The molecule has 13 nitrogen and oxygen atoms in total. The molecule has 0 saturated carbocycles. The number of likely N-dealkylation sites (tertiary alicyclic amines) is 1. The van der Waals surface area contributed by atoms with Crippen molar-refractivity contribution < 1.29 is 28.0 Å². The Bertz CT molecular complexity index is 1340. The van der Waals surface area contributed by atoms with E-state index in [2.05, 4.69) is 15.0 Å². The van der Waals surface area contributed by atoms with Crippen LogP contribution in [0.4, 0.5) is 5.95 Å². The van der Waals surface area contributed by atoms with E-state index in [4.69, 9.17) is 14.8 Å². The first-order valence-electron chi connectivity index (χ1n) is 13.2. The predicted molar refractivity (Wildman–Crippen MR) is 161 cm³/mol. The van der Waals surface area contributed by atoms with Gasteiger partial charge in [-0.05, 0) is 6.42 Å². The summed E-state index contributed by atoms with van der Waals surface area (Å²) in [6.45, 7) is 11.4. The van der Waals surface area contributed by atoms with Crippen molar-refractivity contribution in [3.05, 3.63) is 16.7 Å². The van der Waals surface area contributed by atoms with Crippen LogP contribution in [0.3, 0.4) is 0 Å². The minimum absolute atomic E-state index is 0.0293. The maximum Gasteiger partial charge on any atom is 0.340 e. The Hall–Kier alpha value is -2.19. The predicted octanol–water partition coefficient (Wildman–Crippen LogP) is 3.31. The zero-order chi connectivity index (χ0) is 30.6. The number of imidazole rings is 1. The fraction of sp³-hybridized carbons (Fsp3) is 0.680. The van der Waals surface area contributed by atoms with Crippen molar-refractivity contribution in [2.24, 2.45) is 10.8 Å². The molecule has 0 bridgehead atoms. The summed E-state index contributed by atoms with van der Waals surface area (Å²) in [4.78, 5) is 62.1. The molecule has 0 unspecified atom stereocenters. The Labute approximate surface area is 247 Å². The molecule has 0 aliphatic carbocycles. The number of anilines is 1. The smallest absolute Gasteiger partial charge is 0.340 e. The van der Waals surface area contributed by atoms with Gasteiger partial charge in [0.25, 0.3) is 5.56 Å². The molecule has 3 heterocycles. The minimum atomic E-state index is -3.90. The van der Waals surface area contributed by atoms with E-state index >= 15 is 0 Å². The maximum atomic E-state index is 13.7. The highest BCUT2D eigenvalue weighted by atomic mass is 32.2. The van der Waals surface area contributed by atoms with E-state index in [9.17, 15) is 23.7 Å². The van der Waals surface area contributed by atoms with Crippen molar-refractivity contribution in [3.8, 4) is 0 Å². The average molecular weight is 631 g/mol. The number of hydrogen-bond acceptors (Lipinski definition) is 12. The van der Waals surface area contributed by atoms with Crippen LogP contribution in [0.1, 0.15) is 54.0 Å². The number of nitrogens with zero attached hydrogens (tertiary/aromatic N) is 4. The Morgan fingerprint density at radius 2 is 1.63 bits per heavy atom. The molecular formula is C25H39N6O7PS2. The van der Waals surface area contributed by atoms with Gasteiger partial charge in [0.15, 0.2) is 21.4 Å². The largest absolute Gasteiger partial charge is 0.369 e. The summed E-state index contributed by atoms with van der Waals surface area (Å²) >= 11 is 2.14. The van der Waals surface area contributed by atoms with Gasteiger partial charge in [-0.3, -0.25) is 28.7 Å². The lowest BCUT2D eigenvalue weighted by atomic mass is 9.99. The number of aromatic nitrogens is 4. The van der Waals surface area contributed by atoms with Gasteiger partial charge in [-0.15, -0.1) is 0 Å². The lowest BCUT2D eigenvalue weighted by molar-refractivity contribution is -0.127. The second-order valence-electron chi connectivity index (χ2n) is 11.8. The van der Waals surface area contributed by atoms with Crippen LogP contribution in [-0.4, -0.2) is 84.5 Å². The summed E-state index contributed by atoms with van der Waals surface area (Å²) in [5.41, 5.74) is 4.68. The second-order valence-corrected chi connectivity index (χ2v) is 16.0. The number of nitrogens with two attached hydrogens (primary N) is 1. The summed E-state index contributed by atoms with van der Waals surface area (Å²) in [5.74, 6) is 0.0606. The van der Waals surface area contributed by atoms with E-state index in [1.165, 1.54) is 6.33 Å². The van der Waals surface area contributed by atoms with Crippen LogP contribution in [0.15, 0.2) is 11.1 Å². The summed E-state index contributed by atoms with van der Waals surface area (Å²) in [6.07, 6.45) is 1.58. The highest BCUT2D eigenvalue weighted by molar-refractivity contribution is 8.14. The van der Waals surface area contributed by atoms with E-state index in [1.54, 1.807) is 9.47 Å². The molecule has 1 amide bonds. The number of carbonyl (C=O) groups excluding carboxylic acids is 3. The molecule has 2 aromatic rings. The van der Waals surface area contributed by atoms with E-state index in [-0.39, 0.29) is 59.0 Å². The van der Waals surface area contributed by atoms with Crippen molar-refractivity contribution in [2.75, 3.05) is 49.7 Å². The van der Waals surface area contributed by atoms with Crippen LogP contribution < -0.4 is 11.3 Å². The van der Waals surface area contributed by atoms with Crippen LogP contribution in [0.5, 0.6) is 0 Å². The number of hydrogen-bond donors (Lipinski definition) is 2. The summed E-state index contributed by atoms with van der Waals surface area (Å²) < 4.78 is 26.6. The quantitative estimate of drug-likeness (QED) is 0.274. The van der Waals surface area contributed by atoms with Gasteiger partial charge in [0.05, 0.1) is 25.6 Å². The number of fused-ring (bicyclic) bond motifs is 1. The fourth-order valence-corrected chi connectivity index (χ4v) is 7.20. The van der Waals surface area contributed by atoms with Crippen molar-refractivity contribution >= 4 is 64.4 Å². The van der Waals surface area contributed by atoms with Crippen molar-refractivity contribution in [1.29, 1.82) is 0 Å². The Kier molecular flexibility index (Phi) is 10.9. The molecule has 1 atom stereocenters. The summed E-state index contributed by atoms with van der Waals surface area (Å²) in [7, 11) is -3.90. The lowest BCUT2D eigenvalue weighted by Gasteiger charge is -2.23. The van der Waals surface area contributed by atoms with Gasteiger partial charge in [0.1, 0.15) is 6.16 Å². The van der Waals surface area contributed by atoms with Crippen LogP contribution in [0.2, 0.25) is 0 Å². The normalized spacial score (nSPS) is 16.4. The fourth-order valence-electron chi connectivity index (χ4n) is 3.85. The third kappa shape index (κ3) is 9.15. The molecule has 0 aromatic carbocycles. The summed E-state index contributed by atoms with van der Waals surface area (Å²) in [5, 5.41) is -0.0585. The number of rotatable bonds is 11. The highest BCUT2D eigenvalue weighted by Gasteiger charge is 2.35. The monoisotopic (exact) mass is 630 g/mol. The zero-order valence-electron chi connectivity index (χ0n) is 24.3. The molecule has 3 N–H and O–H groups in total. The first kappa shape index (κ1) is 33.3. The van der Waals surface area contributed by atoms with Crippen molar-refractivity contribution in [1.82, 2.24) is 24.4 Å². The molecule has 3 rings (SSSR count). The molecule has 0 spiro atoms. The van der Waals surface area contributed by atoms with Gasteiger partial charge in [-0.2, -0.15) is 4.98 Å². The van der Waals surface area contributed by atoms with Gasteiger partial charge in [0.2, 0.25) is 11.9 Å². The molecule has 1 aliphatic rings. The standard InChI is InChI=1S/C25H39N6O7PS2/c1-24(2,3)21(34)40-11-9-37-39(36,38-10-12-41-22(35)25(4,5)6)14-17(32)30-8-7-16(13-30)31-15-27-18-19(31)28-23(26)29-20(18)33/h15-16H,7-14H2,1-6H3,(H3,26,28,29,33)/t16-/m0/s1. The molecule has 1 saturated heterocycles. The van der Waals surface area contributed by atoms with E-state index in [0.29, 0.717) is 18.6 Å². The molecule has 2 aromatic heterocycles. The van der Waals surface area contributed by atoms with E-state index in [1.807, 2.05) is 41.5 Å². The van der Waals surface area contributed by atoms with Gasteiger partial charge < -0.3 is 24.2 Å². The Morgan fingerprint density at radius 3 is 2.17 bits per heavy atom. The molecule has 16 heteroatoms. The summed E-state index contributed by atoms with van der Waals surface area (Å²) in [6, 6.07) is -0.210. The molecular weight excluding hydrogens is 591 g/mol. The lowest BCUT2D eigenvalue weighted by Crippen LogP contribution is -2.32. The number of H-pyrrole nitrogens is 1. The number of carbonyl (C=O) groups is 3. The van der Waals surface area contributed by atoms with E-state index in [0.717, 1.165) is 23.5 Å². The number of nitrogens with one attached hydrogen (secondary N) is 1. The maximum absolute atomic E-state index is 13.7. The molecule has 228 valence electrons. The van der Waals surface area contributed by atoms with Crippen molar-refractivity contribution in [3.63, 3.8) is 0 Å². The molecule has 1 fully saturated rings. The van der Waals surface area contributed by atoms with Crippen LogP contribution >= 0.6 is 31.1 Å². The second kappa shape index (κ2) is 13.4. The highest BCUT2D eigenvalue weighted by Crippen LogP contribution is 2.49. The SMILES string of the molecule is CC(C)(C)C(=O)SCCOP(=O)(CC(=O)N1CC[C@H](n2cnc3c(=O)[nH]c(N)nc32)C1)OCCSC(=O)C(C)(C)C. The molecule has 41 heavy (non-hydrogen) atoms. The average Bonchev–Trinajstić information content (AvgIpc) is 3.50. The van der Waals surface area contributed by atoms with Crippen LogP contribution in [-0.2, 0) is 28.0 Å². The minimum Gasteiger partial charge on any atom is -0.369 e. The first-order chi connectivity index (χ1) is 19.0. The van der Waals surface area contributed by atoms with Crippen LogP contribution in [0.25, 0.3) is 11.2 Å². The number of amides is 1. The Morgan fingerprint density at radius 1 is 1.07 bits per heavy atom. The van der Waals surface area contributed by atoms with Gasteiger partial charge in [-0.1, -0.05) is 65.1 Å². The van der Waals surface area contributed by atoms with E-state index < -0.39 is 36.1 Å². The third-order valence-corrected chi connectivity index (χ3v) is 10.4. The van der Waals surface area contributed by atoms with Crippen molar-refractivity contribution in [2.45, 2.75) is 54.0 Å². The zero-order valence-corrected chi connectivity index (χ0v) is 26.8. The van der Waals surface area contributed by atoms with Gasteiger partial charge >= 0.3 is 7.60 Å². The first-order valence-corrected chi connectivity index (χ1v) is 16.9. The third-order valence-electron chi connectivity index (χ3n) is 6.12. The van der Waals surface area contributed by atoms with Gasteiger partial charge in [0, 0.05) is 35.4 Å². The van der Waals surface area contributed by atoms with Crippen LogP contribution in [0, 0.1) is 10.8 Å². The van der Waals surface area contributed by atoms with Gasteiger partial charge in [-0.25, -0.2) is 4.98 Å². The number of aromatic amines is 1. The number of nitrogen functional groups attached to an aromatic ring is 1. The Balaban J connectivity index is 1.64. The molecule has 1 aliphatic heterocycles. The number of thioether (sulfide) groups is 2. The molecule has 0 radical (unpaired) electrons. The topological polar surface area (TPSA) is 180 Å².